The van der Waals surface area contributed by atoms with Crippen molar-refractivity contribution in [2.75, 3.05) is 56.4 Å². The number of hydrogen-bond donors (Lipinski definition) is 1. The van der Waals surface area contributed by atoms with Gasteiger partial charge in [0.15, 0.2) is 5.65 Å². The molecule has 0 radical (unpaired) electrons. The summed E-state index contributed by atoms with van der Waals surface area (Å²) in [4.78, 5) is 31.9. The van der Waals surface area contributed by atoms with Gasteiger partial charge >= 0.3 is 0 Å². The first-order chi connectivity index (χ1) is 17.6. The van der Waals surface area contributed by atoms with Crippen molar-refractivity contribution in [3.05, 3.63) is 42.0 Å². The van der Waals surface area contributed by atoms with Crippen molar-refractivity contribution in [2.45, 2.75) is 38.8 Å². The molecule has 1 amide bonds. The third-order valence-corrected chi connectivity index (χ3v) is 7.10. The lowest BCUT2D eigenvalue weighted by molar-refractivity contribution is 0.0913. The summed E-state index contributed by atoms with van der Waals surface area (Å²) in [5.41, 5.74) is 2.89. The second-order valence-electron chi connectivity index (χ2n) is 9.24. The molecule has 2 atom stereocenters. The molecule has 36 heavy (non-hydrogen) atoms. The van der Waals surface area contributed by atoms with Gasteiger partial charge in [-0.25, -0.2) is 4.98 Å². The lowest BCUT2D eigenvalue weighted by atomic mass is 10.1. The fourth-order valence-corrected chi connectivity index (χ4v) is 4.98. The van der Waals surface area contributed by atoms with Crippen LogP contribution < -0.4 is 15.1 Å². The van der Waals surface area contributed by atoms with E-state index in [4.69, 9.17) is 24.4 Å². The van der Waals surface area contributed by atoms with E-state index in [2.05, 4.69) is 35.0 Å². The molecule has 2 fully saturated rings. The molecule has 0 spiro atoms. The highest BCUT2D eigenvalue weighted by atomic mass is 16.5. The van der Waals surface area contributed by atoms with Gasteiger partial charge in [0.2, 0.25) is 5.95 Å². The molecule has 2 aliphatic rings. The number of rotatable bonds is 6. The highest BCUT2D eigenvalue weighted by Gasteiger charge is 2.29. The van der Waals surface area contributed by atoms with Gasteiger partial charge in [-0.15, -0.1) is 0 Å². The standard InChI is InChI=1S/C27H34N6O3/c1-4-20-16-35-13-11-32(20)25-22-9-10-23(18-7-6-8-19(15-18)26(34)28-3)29-24(22)30-27(31-25)33-12-14-36-17-21(33)5-2/h6-10,15,20-21H,4-5,11-14,16-17H2,1-3H3,(H,28,34)/t20-,21-/m0/s1. The molecule has 0 unspecified atom stereocenters. The van der Waals surface area contributed by atoms with Crippen LogP contribution in [0.2, 0.25) is 0 Å². The third kappa shape index (κ3) is 4.73. The lowest BCUT2D eigenvalue weighted by Crippen LogP contribution is -2.47. The maximum atomic E-state index is 12.2. The van der Waals surface area contributed by atoms with E-state index in [0.29, 0.717) is 43.6 Å². The fourth-order valence-electron chi connectivity index (χ4n) is 4.98. The molecule has 1 N–H and O–H groups in total. The number of morpholine rings is 2. The van der Waals surface area contributed by atoms with Crippen LogP contribution in [0.5, 0.6) is 0 Å². The van der Waals surface area contributed by atoms with E-state index in [1.165, 1.54) is 0 Å². The van der Waals surface area contributed by atoms with E-state index < -0.39 is 0 Å². The monoisotopic (exact) mass is 490 g/mol. The fraction of sp³-hybridized carbons (Fsp3) is 0.481. The minimum Gasteiger partial charge on any atom is -0.377 e. The normalized spacial score (nSPS) is 20.5. The van der Waals surface area contributed by atoms with Crippen LogP contribution in [0.3, 0.4) is 0 Å². The zero-order valence-corrected chi connectivity index (χ0v) is 21.2. The van der Waals surface area contributed by atoms with Gasteiger partial charge in [0.25, 0.3) is 5.91 Å². The number of carbonyl (C=O) groups is 1. The Morgan fingerprint density at radius 1 is 0.972 bits per heavy atom. The van der Waals surface area contributed by atoms with Gasteiger partial charge in [-0.3, -0.25) is 4.79 Å². The number of fused-ring (bicyclic) bond motifs is 1. The summed E-state index contributed by atoms with van der Waals surface area (Å²) in [7, 11) is 1.63. The Balaban J connectivity index is 1.64. The SMILES string of the molecule is CC[C@H]1COCCN1c1nc(N2CCOC[C@@H]2CC)c2ccc(-c3cccc(C(=O)NC)c3)nc2n1. The number of nitrogens with zero attached hydrogens (tertiary/aromatic N) is 5. The Kier molecular flexibility index (Phi) is 7.29. The Hall–Kier alpha value is -3.30. The number of hydrogen-bond acceptors (Lipinski definition) is 8. The molecule has 4 heterocycles. The molecule has 5 rings (SSSR count). The Labute approximate surface area is 211 Å². The van der Waals surface area contributed by atoms with Crippen molar-refractivity contribution in [1.82, 2.24) is 20.3 Å². The molecule has 9 nitrogen and oxygen atoms in total. The smallest absolute Gasteiger partial charge is 0.251 e. The van der Waals surface area contributed by atoms with Crippen molar-refractivity contribution in [3.8, 4) is 11.3 Å². The van der Waals surface area contributed by atoms with Crippen LogP contribution in [-0.4, -0.2) is 79.5 Å². The molecule has 0 bridgehead atoms. The predicted octanol–water partition coefficient (Wildman–Crippen LogP) is 3.28. The van der Waals surface area contributed by atoms with E-state index in [0.717, 1.165) is 48.4 Å². The molecule has 1 aromatic carbocycles. The number of amides is 1. The van der Waals surface area contributed by atoms with Crippen LogP contribution >= 0.6 is 0 Å². The van der Waals surface area contributed by atoms with Crippen LogP contribution in [0, 0.1) is 0 Å². The number of pyridine rings is 1. The summed E-state index contributed by atoms with van der Waals surface area (Å²) in [5.74, 6) is 1.47. The van der Waals surface area contributed by atoms with E-state index in [9.17, 15) is 4.79 Å². The topological polar surface area (TPSA) is 92.7 Å². The Morgan fingerprint density at radius 2 is 1.69 bits per heavy atom. The summed E-state index contributed by atoms with van der Waals surface area (Å²) in [6, 6.07) is 12.0. The molecule has 2 aromatic heterocycles. The van der Waals surface area contributed by atoms with E-state index in [1.807, 2.05) is 24.3 Å². The summed E-state index contributed by atoms with van der Waals surface area (Å²) in [5, 5.41) is 3.61. The van der Waals surface area contributed by atoms with Crippen LogP contribution in [0.4, 0.5) is 11.8 Å². The number of anilines is 2. The van der Waals surface area contributed by atoms with Crippen LogP contribution in [0.1, 0.15) is 37.0 Å². The van der Waals surface area contributed by atoms with Gasteiger partial charge in [0.1, 0.15) is 5.82 Å². The quantitative estimate of drug-likeness (QED) is 0.563. The summed E-state index contributed by atoms with van der Waals surface area (Å²) >= 11 is 0. The second-order valence-corrected chi connectivity index (χ2v) is 9.24. The Morgan fingerprint density at radius 3 is 2.42 bits per heavy atom. The predicted molar refractivity (Wildman–Crippen MR) is 141 cm³/mol. The van der Waals surface area contributed by atoms with Gasteiger partial charge in [0.05, 0.1) is 49.6 Å². The number of nitrogens with one attached hydrogen (secondary N) is 1. The molecule has 0 aliphatic carbocycles. The zero-order chi connectivity index (χ0) is 25.1. The van der Waals surface area contributed by atoms with Crippen molar-refractivity contribution < 1.29 is 14.3 Å². The van der Waals surface area contributed by atoms with Gasteiger partial charge in [-0.05, 0) is 37.1 Å². The maximum absolute atomic E-state index is 12.2. The van der Waals surface area contributed by atoms with Crippen molar-refractivity contribution in [1.29, 1.82) is 0 Å². The first-order valence-electron chi connectivity index (χ1n) is 12.8. The Bertz CT molecular complexity index is 1240. The minimum absolute atomic E-state index is 0.125. The van der Waals surface area contributed by atoms with E-state index in [-0.39, 0.29) is 18.0 Å². The largest absolute Gasteiger partial charge is 0.377 e. The molecule has 3 aromatic rings. The highest BCUT2D eigenvalue weighted by Crippen LogP contribution is 2.32. The summed E-state index contributed by atoms with van der Waals surface area (Å²) < 4.78 is 11.5. The molecule has 2 aliphatic heterocycles. The van der Waals surface area contributed by atoms with Gasteiger partial charge < -0.3 is 24.6 Å². The van der Waals surface area contributed by atoms with Crippen molar-refractivity contribution in [2.24, 2.45) is 0 Å². The van der Waals surface area contributed by atoms with Crippen molar-refractivity contribution >= 4 is 28.7 Å². The third-order valence-electron chi connectivity index (χ3n) is 7.10. The number of ether oxygens (including phenoxy) is 2. The van der Waals surface area contributed by atoms with E-state index in [1.54, 1.807) is 13.1 Å². The lowest BCUT2D eigenvalue weighted by Gasteiger charge is -2.38. The second kappa shape index (κ2) is 10.8. The molecule has 0 saturated carbocycles. The zero-order valence-electron chi connectivity index (χ0n) is 21.2. The van der Waals surface area contributed by atoms with Crippen molar-refractivity contribution in [3.63, 3.8) is 0 Å². The number of benzene rings is 1. The summed E-state index contributed by atoms with van der Waals surface area (Å²) in [6.45, 7) is 8.55. The molecule has 190 valence electrons. The molecular weight excluding hydrogens is 456 g/mol. The van der Waals surface area contributed by atoms with Crippen LogP contribution in [0.15, 0.2) is 36.4 Å². The number of carbonyl (C=O) groups excluding carboxylic acids is 1. The van der Waals surface area contributed by atoms with Gasteiger partial charge in [0, 0.05) is 31.3 Å². The molecule has 9 heteroatoms. The maximum Gasteiger partial charge on any atom is 0.251 e. The molecular formula is C27H34N6O3. The average Bonchev–Trinajstić information content (AvgIpc) is 2.95. The van der Waals surface area contributed by atoms with Gasteiger partial charge in [-0.1, -0.05) is 26.0 Å². The first kappa shape index (κ1) is 24.4. The number of aromatic nitrogens is 3. The minimum atomic E-state index is -0.125. The highest BCUT2D eigenvalue weighted by molar-refractivity contribution is 5.95. The summed E-state index contributed by atoms with van der Waals surface area (Å²) in [6.07, 6.45) is 1.92. The molecule has 2 saturated heterocycles. The average molecular weight is 491 g/mol. The van der Waals surface area contributed by atoms with Crippen LogP contribution in [0.25, 0.3) is 22.3 Å². The van der Waals surface area contributed by atoms with Gasteiger partial charge in [-0.2, -0.15) is 9.97 Å². The van der Waals surface area contributed by atoms with Crippen LogP contribution in [-0.2, 0) is 9.47 Å². The van der Waals surface area contributed by atoms with E-state index >= 15 is 0 Å². The first-order valence-corrected chi connectivity index (χ1v) is 12.8.